The van der Waals surface area contributed by atoms with E-state index >= 15 is 0 Å². The van der Waals surface area contributed by atoms with Crippen LogP contribution in [0.15, 0.2) is 0 Å². The average molecular weight is 289 g/mol. The first-order valence-electron chi connectivity index (χ1n) is 7.48. The van der Waals surface area contributed by atoms with Crippen molar-refractivity contribution in [2.45, 2.75) is 45.1 Å². The van der Waals surface area contributed by atoms with E-state index in [9.17, 15) is 8.42 Å². The topological polar surface area (TPSA) is 61.4 Å². The van der Waals surface area contributed by atoms with E-state index in [1.165, 1.54) is 0 Å². The number of nitrogens with zero attached hydrogens (tertiary/aromatic N) is 1. The first-order valence-corrected chi connectivity index (χ1v) is 8.92. The van der Waals surface area contributed by atoms with Crippen LogP contribution in [0.5, 0.6) is 0 Å². The van der Waals surface area contributed by atoms with Gasteiger partial charge in [-0.15, -0.1) is 0 Å². The molecular weight excluding hydrogens is 262 g/mol. The summed E-state index contributed by atoms with van der Waals surface area (Å²) in [6, 6.07) is 0.194. The first kappa shape index (κ1) is 15.2. The zero-order chi connectivity index (χ0) is 13.9. The van der Waals surface area contributed by atoms with Crippen molar-refractivity contribution in [3.05, 3.63) is 0 Å². The molecule has 5 nitrogen and oxygen atoms in total. The molecule has 0 radical (unpaired) electrons. The maximum Gasteiger partial charge on any atom is 0.279 e. The molecule has 19 heavy (non-hydrogen) atoms. The molecule has 1 heterocycles. The summed E-state index contributed by atoms with van der Waals surface area (Å²) in [7, 11) is -1.30. The third kappa shape index (κ3) is 4.15. The number of rotatable bonds is 7. The van der Waals surface area contributed by atoms with Gasteiger partial charge in [0.15, 0.2) is 0 Å². The van der Waals surface area contributed by atoms with Crippen LogP contribution in [0.4, 0.5) is 0 Å². The minimum atomic E-state index is -3.25. The van der Waals surface area contributed by atoms with Gasteiger partial charge in [-0.3, -0.25) is 0 Å². The summed E-state index contributed by atoms with van der Waals surface area (Å²) in [6.45, 7) is 4.46. The molecule has 1 saturated heterocycles. The molecule has 0 aromatic carbocycles. The monoisotopic (exact) mass is 289 g/mol. The van der Waals surface area contributed by atoms with Crippen molar-refractivity contribution in [1.82, 2.24) is 14.3 Å². The second-order valence-electron chi connectivity index (χ2n) is 5.91. The molecular formula is C13H27N3O2S. The van der Waals surface area contributed by atoms with Crippen molar-refractivity contribution in [3.8, 4) is 0 Å². The van der Waals surface area contributed by atoms with Gasteiger partial charge in [-0.1, -0.05) is 13.3 Å². The molecule has 1 aliphatic carbocycles. The highest BCUT2D eigenvalue weighted by Crippen LogP contribution is 2.35. The molecule has 112 valence electrons. The van der Waals surface area contributed by atoms with Crippen LogP contribution in [-0.4, -0.2) is 45.4 Å². The number of hydrogen-bond donors (Lipinski definition) is 2. The molecule has 2 fully saturated rings. The number of piperidine rings is 1. The minimum Gasteiger partial charge on any atom is -0.319 e. The summed E-state index contributed by atoms with van der Waals surface area (Å²) >= 11 is 0. The third-order valence-electron chi connectivity index (χ3n) is 4.29. The number of nitrogens with one attached hydrogen (secondary N) is 2. The molecule has 0 aromatic rings. The number of hydrogen-bond acceptors (Lipinski definition) is 3. The lowest BCUT2D eigenvalue weighted by atomic mass is 9.98. The fraction of sp³-hybridized carbons (Fsp3) is 1.00. The Kier molecular flexibility index (Phi) is 5.22. The van der Waals surface area contributed by atoms with Crippen molar-refractivity contribution >= 4 is 10.2 Å². The maximum atomic E-state index is 12.2. The predicted octanol–water partition coefficient (Wildman–Crippen LogP) is 0.941. The van der Waals surface area contributed by atoms with E-state index < -0.39 is 10.2 Å². The molecule has 0 aromatic heterocycles. The zero-order valence-electron chi connectivity index (χ0n) is 12.1. The summed E-state index contributed by atoms with van der Waals surface area (Å²) in [5.41, 5.74) is 0. The molecule has 2 atom stereocenters. The van der Waals surface area contributed by atoms with Crippen LogP contribution in [0, 0.1) is 11.8 Å². The largest absolute Gasteiger partial charge is 0.319 e. The van der Waals surface area contributed by atoms with Crippen molar-refractivity contribution in [1.29, 1.82) is 0 Å². The van der Waals surface area contributed by atoms with Gasteiger partial charge >= 0.3 is 0 Å². The second kappa shape index (κ2) is 6.52. The fourth-order valence-corrected chi connectivity index (χ4v) is 4.50. The molecule has 0 amide bonds. The maximum absolute atomic E-state index is 12.2. The summed E-state index contributed by atoms with van der Waals surface area (Å²) < 4.78 is 29.0. The van der Waals surface area contributed by atoms with Crippen LogP contribution in [0.25, 0.3) is 0 Å². The smallest absolute Gasteiger partial charge is 0.279 e. The highest BCUT2D eigenvalue weighted by Gasteiger charge is 2.40. The molecule has 0 spiro atoms. The highest BCUT2D eigenvalue weighted by molar-refractivity contribution is 7.87. The molecule has 2 aliphatic rings. The first-order chi connectivity index (χ1) is 9.06. The van der Waals surface area contributed by atoms with Gasteiger partial charge in [0.2, 0.25) is 0 Å². The predicted molar refractivity (Wildman–Crippen MR) is 77.1 cm³/mol. The summed E-state index contributed by atoms with van der Waals surface area (Å²) in [4.78, 5) is 0. The Morgan fingerprint density at radius 3 is 2.53 bits per heavy atom. The van der Waals surface area contributed by atoms with E-state index in [2.05, 4.69) is 17.0 Å². The summed E-state index contributed by atoms with van der Waals surface area (Å²) in [6.07, 6.45) is 5.22. The minimum absolute atomic E-state index is 0.194. The molecule has 0 bridgehead atoms. The molecule has 2 rings (SSSR count). The van der Waals surface area contributed by atoms with Crippen molar-refractivity contribution in [2.75, 3.05) is 26.7 Å². The third-order valence-corrected chi connectivity index (χ3v) is 5.93. The fourth-order valence-electron chi connectivity index (χ4n) is 2.99. The van der Waals surface area contributed by atoms with Crippen LogP contribution < -0.4 is 10.0 Å². The van der Waals surface area contributed by atoms with Gasteiger partial charge in [0.05, 0.1) is 0 Å². The standard InChI is InChI=1S/C13H27N3O2S/c1-3-4-12-9-13(12)15-19(17,18)16-7-5-11(6-8-16)10-14-2/h11-15H,3-10H2,1-2H3. The summed E-state index contributed by atoms with van der Waals surface area (Å²) in [5, 5.41) is 3.17. The SMILES string of the molecule is CCCC1CC1NS(=O)(=O)N1CCC(CNC)CC1. The van der Waals surface area contributed by atoms with E-state index in [-0.39, 0.29) is 6.04 Å². The lowest BCUT2D eigenvalue weighted by Gasteiger charge is -2.31. The Morgan fingerprint density at radius 2 is 1.95 bits per heavy atom. The Morgan fingerprint density at radius 1 is 1.26 bits per heavy atom. The van der Waals surface area contributed by atoms with Crippen molar-refractivity contribution in [3.63, 3.8) is 0 Å². The quantitative estimate of drug-likeness (QED) is 0.733. The zero-order valence-corrected chi connectivity index (χ0v) is 12.9. The van der Waals surface area contributed by atoms with Crippen LogP contribution in [0.3, 0.4) is 0 Å². The van der Waals surface area contributed by atoms with E-state index in [0.717, 1.165) is 38.6 Å². The van der Waals surface area contributed by atoms with E-state index in [1.54, 1.807) is 4.31 Å². The molecule has 6 heteroatoms. The van der Waals surface area contributed by atoms with Crippen LogP contribution in [0.2, 0.25) is 0 Å². The molecule has 2 unspecified atom stereocenters. The lowest BCUT2D eigenvalue weighted by molar-refractivity contribution is 0.268. The van der Waals surface area contributed by atoms with E-state index in [4.69, 9.17) is 0 Å². The van der Waals surface area contributed by atoms with Gasteiger partial charge in [-0.2, -0.15) is 17.4 Å². The molecule has 1 aliphatic heterocycles. The summed E-state index contributed by atoms with van der Waals surface area (Å²) in [5.74, 6) is 1.19. The average Bonchev–Trinajstić information content (AvgIpc) is 3.08. The lowest BCUT2D eigenvalue weighted by Crippen LogP contribution is -2.46. The molecule has 1 saturated carbocycles. The van der Waals surface area contributed by atoms with Gasteiger partial charge in [0.1, 0.15) is 0 Å². The van der Waals surface area contributed by atoms with Gasteiger partial charge in [0.25, 0.3) is 10.2 Å². The van der Waals surface area contributed by atoms with E-state index in [0.29, 0.717) is 24.9 Å². The van der Waals surface area contributed by atoms with Crippen molar-refractivity contribution in [2.24, 2.45) is 11.8 Å². The highest BCUT2D eigenvalue weighted by atomic mass is 32.2. The van der Waals surface area contributed by atoms with Gasteiger partial charge < -0.3 is 5.32 Å². The second-order valence-corrected chi connectivity index (χ2v) is 7.62. The Balaban J connectivity index is 1.78. The van der Waals surface area contributed by atoms with Crippen molar-refractivity contribution < 1.29 is 8.42 Å². The molecule has 2 N–H and O–H groups in total. The Hall–Kier alpha value is -0.170. The van der Waals surface area contributed by atoms with Crippen LogP contribution in [0.1, 0.15) is 39.0 Å². The Labute approximate surface area is 117 Å². The Bertz CT molecular complexity index is 377. The van der Waals surface area contributed by atoms with Gasteiger partial charge in [-0.25, -0.2) is 0 Å². The van der Waals surface area contributed by atoms with E-state index in [1.807, 2.05) is 7.05 Å². The van der Waals surface area contributed by atoms with Crippen LogP contribution >= 0.6 is 0 Å². The van der Waals surface area contributed by atoms with Gasteiger partial charge in [0, 0.05) is 19.1 Å². The van der Waals surface area contributed by atoms with Gasteiger partial charge in [-0.05, 0) is 51.1 Å². The van der Waals surface area contributed by atoms with Crippen LogP contribution in [-0.2, 0) is 10.2 Å². The normalized spacial score (nSPS) is 29.6.